The van der Waals surface area contributed by atoms with Gasteiger partial charge in [-0.05, 0) is 51.9 Å². The molecular weight excluding hydrogens is 402 g/mol. The predicted octanol–water partition coefficient (Wildman–Crippen LogP) is 8.79. The van der Waals surface area contributed by atoms with Crippen molar-refractivity contribution in [3.05, 3.63) is 108 Å². The van der Waals surface area contributed by atoms with Gasteiger partial charge in [0.15, 0.2) is 5.58 Å². The van der Waals surface area contributed by atoms with Gasteiger partial charge >= 0.3 is 0 Å². The standard InChI is InChI=1S/C31H23NO/c1-31(2)26-12-6-5-10-22(26)23-17-15-20(18-27(23)31)32-28-13-7-11-24-25-16-14-19-8-3-4-9-21(19)29(25)33-30(24)28/h3-18,32H,1-2H3. The minimum atomic E-state index is -0.0199. The first-order valence-electron chi connectivity index (χ1n) is 11.5. The predicted molar refractivity (Wildman–Crippen MR) is 139 cm³/mol. The molecule has 2 nitrogen and oxygen atoms in total. The zero-order valence-electron chi connectivity index (χ0n) is 18.6. The minimum Gasteiger partial charge on any atom is -0.453 e. The third kappa shape index (κ3) is 2.55. The first kappa shape index (κ1) is 18.5. The molecule has 0 amide bonds. The van der Waals surface area contributed by atoms with Crippen molar-refractivity contribution in [2.24, 2.45) is 0 Å². The zero-order chi connectivity index (χ0) is 22.2. The van der Waals surface area contributed by atoms with Crippen LogP contribution in [0.5, 0.6) is 0 Å². The number of hydrogen-bond acceptors (Lipinski definition) is 2. The molecule has 0 radical (unpaired) electrons. The highest BCUT2D eigenvalue weighted by Crippen LogP contribution is 2.49. The van der Waals surface area contributed by atoms with Crippen LogP contribution >= 0.6 is 0 Å². The molecule has 0 bridgehead atoms. The van der Waals surface area contributed by atoms with Gasteiger partial charge in [-0.1, -0.05) is 86.6 Å². The van der Waals surface area contributed by atoms with Gasteiger partial charge in [-0.3, -0.25) is 0 Å². The van der Waals surface area contributed by atoms with Gasteiger partial charge in [0.25, 0.3) is 0 Å². The maximum atomic E-state index is 6.49. The largest absolute Gasteiger partial charge is 0.453 e. The van der Waals surface area contributed by atoms with Crippen LogP contribution < -0.4 is 5.32 Å². The van der Waals surface area contributed by atoms with Crippen LogP contribution in [0.2, 0.25) is 0 Å². The van der Waals surface area contributed by atoms with Crippen molar-refractivity contribution in [1.29, 1.82) is 0 Å². The number of benzene rings is 5. The second-order valence-corrected chi connectivity index (χ2v) is 9.50. The molecule has 7 rings (SSSR count). The van der Waals surface area contributed by atoms with Crippen LogP contribution in [-0.4, -0.2) is 0 Å². The second-order valence-electron chi connectivity index (χ2n) is 9.50. The van der Waals surface area contributed by atoms with Crippen molar-refractivity contribution >= 4 is 44.1 Å². The summed E-state index contributed by atoms with van der Waals surface area (Å²) in [5, 5.41) is 8.28. The van der Waals surface area contributed by atoms with Crippen molar-refractivity contribution < 1.29 is 4.42 Å². The van der Waals surface area contributed by atoms with E-state index in [1.807, 2.05) is 0 Å². The van der Waals surface area contributed by atoms with Gasteiger partial charge in [0.05, 0.1) is 5.69 Å². The molecule has 1 aliphatic carbocycles. The average Bonchev–Trinajstić information content (AvgIpc) is 3.34. The molecule has 0 spiro atoms. The summed E-state index contributed by atoms with van der Waals surface area (Å²) in [5.41, 5.74) is 9.31. The monoisotopic (exact) mass is 425 g/mol. The van der Waals surface area contributed by atoms with Gasteiger partial charge in [-0.25, -0.2) is 0 Å². The number of para-hydroxylation sites is 1. The van der Waals surface area contributed by atoms with Gasteiger partial charge in [0, 0.05) is 27.3 Å². The van der Waals surface area contributed by atoms with E-state index in [4.69, 9.17) is 4.42 Å². The van der Waals surface area contributed by atoms with E-state index < -0.39 is 0 Å². The molecule has 0 fully saturated rings. The molecule has 0 saturated carbocycles. The average molecular weight is 426 g/mol. The summed E-state index contributed by atoms with van der Waals surface area (Å²) in [4.78, 5) is 0. The Bertz CT molecular complexity index is 1720. The molecule has 1 N–H and O–H groups in total. The molecule has 2 heteroatoms. The fourth-order valence-corrected chi connectivity index (χ4v) is 5.56. The number of furan rings is 1. The van der Waals surface area contributed by atoms with E-state index in [0.717, 1.165) is 38.7 Å². The summed E-state index contributed by atoms with van der Waals surface area (Å²) in [6.07, 6.45) is 0. The van der Waals surface area contributed by atoms with Crippen LogP contribution in [-0.2, 0) is 5.41 Å². The summed E-state index contributed by atoms with van der Waals surface area (Å²) in [5.74, 6) is 0. The Labute approximate surface area is 192 Å². The third-order valence-corrected chi connectivity index (χ3v) is 7.25. The summed E-state index contributed by atoms with van der Waals surface area (Å²) < 4.78 is 6.49. The number of fused-ring (bicyclic) bond motifs is 8. The van der Waals surface area contributed by atoms with Crippen LogP contribution in [0.4, 0.5) is 11.4 Å². The number of hydrogen-bond donors (Lipinski definition) is 1. The Kier molecular flexibility index (Phi) is 3.64. The van der Waals surface area contributed by atoms with Crippen LogP contribution in [0, 0.1) is 0 Å². The maximum absolute atomic E-state index is 6.49. The molecule has 5 aromatic carbocycles. The minimum absolute atomic E-state index is 0.0199. The van der Waals surface area contributed by atoms with Crippen molar-refractivity contribution in [1.82, 2.24) is 0 Å². The van der Waals surface area contributed by atoms with E-state index >= 15 is 0 Å². The fourth-order valence-electron chi connectivity index (χ4n) is 5.56. The Morgan fingerprint density at radius 1 is 0.606 bits per heavy atom. The van der Waals surface area contributed by atoms with Gasteiger partial charge in [-0.15, -0.1) is 0 Å². The number of rotatable bonds is 2. The first-order valence-corrected chi connectivity index (χ1v) is 11.5. The number of nitrogens with one attached hydrogen (secondary N) is 1. The summed E-state index contributed by atoms with van der Waals surface area (Å²) >= 11 is 0. The van der Waals surface area contributed by atoms with Crippen molar-refractivity contribution in [2.45, 2.75) is 19.3 Å². The fraction of sp³-hybridized carbons (Fsp3) is 0.0968. The molecule has 1 aromatic heterocycles. The molecule has 33 heavy (non-hydrogen) atoms. The van der Waals surface area contributed by atoms with E-state index in [-0.39, 0.29) is 5.41 Å². The molecule has 0 unspecified atom stereocenters. The molecule has 0 saturated heterocycles. The molecule has 0 atom stereocenters. The third-order valence-electron chi connectivity index (χ3n) is 7.25. The van der Waals surface area contributed by atoms with Crippen molar-refractivity contribution in [2.75, 3.05) is 5.32 Å². The van der Waals surface area contributed by atoms with Gasteiger partial charge in [-0.2, -0.15) is 0 Å². The van der Waals surface area contributed by atoms with Crippen LogP contribution in [0.1, 0.15) is 25.0 Å². The van der Waals surface area contributed by atoms with Gasteiger partial charge < -0.3 is 9.73 Å². The Morgan fingerprint density at radius 3 is 2.30 bits per heavy atom. The molecule has 1 heterocycles. The SMILES string of the molecule is CC1(C)c2ccccc2-c2ccc(Nc3cccc4c3oc3c5ccccc5ccc43)cc21. The van der Waals surface area contributed by atoms with Crippen molar-refractivity contribution in [3.63, 3.8) is 0 Å². The van der Waals surface area contributed by atoms with Crippen LogP contribution in [0.25, 0.3) is 43.8 Å². The lowest BCUT2D eigenvalue weighted by molar-refractivity contribution is 0.660. The van der Waals surface area contributed by atoms with Gasteiger partial charge in [0.2, 0.25) is 0 Å². The molecule has 1 aliphatic rings. The summed E-state index contributed by atoms with van der Waals surface area (Å²) in [6.45, 7) is 4.62. The highest BCUT2D eigenvalue weighted by atomic mass is 16.3. The lowest BCUT2D eigenvalue weighted by Gasteiger charge is -2.22. The first-order chi connectivity index (χ1) is 16.1. The van der Waals surface area contributed by atoms with Crippen LogP contribution in [0.3, 0.4) is 0 Å². The lowest BCUT2D eigenvalue weighted by atomic mass is 9.82. The highest BCUT2D eigenvalue weighted by Gasteiger charge is 2.35. The van der Waals surface area contributed by atoms with E-state index in [2.05, 4.69) is 116 Å². The molecule has 0 aliphatic heterocycles. The Morgan fingerprint density at radius 2 is 1.36 bits per heavy atom. The zero-order valence-corrected chi connectivity index (χ0v) is 18.6. The maximum Gasteiger partial charge on any atom is 0.158 e. The molecular formula is C31H23NO. The lowest BCUT2D eigenvalue weighted by Crippen LogP contribution is -2.15. The molecule has 6 aromatic rings. The highest BCUT2D eigenvalue weighted by molar-refractivity contribution is 6.17. The second kappa shape index (κ2) is 6.49. The molecule has 158 valence electrons. The topological polar surface area (TPSA) is 25.2 Å². The summed E-state index contributed by atoms with van der Waals surface area (Å²) in [7, 11) is 0. The van der Waals surface area contributed by atoms with Gasteiger partial charge in [0.1, 0.15) is 5.58 Å². The van der Waals surface area contributed by atoms with Crippen molar-refractivity contribution in [3.8, 4) is 11.1 Å². The van der Waals surface area contributed by atoms with Crippen LogP contribution in [0.15, 0.2) is 101 Å². The van der Waals surface area contributed by atoms with E-state index in [0.29, 0.717) is 0 Å². The van der Waals surface area contributed by atoms with E-state index in [9.17, 15) is 0 Å². The smallest absolute Gasteiger partial charge is 0.158 e. The Balaban J connectivity index is 1.37. The van der Waals surface area contributed by atoms with E-state index in [1.165, 1.54) is 27.6 Å². The quantitative estimate of drug-likeness (QED) is 0.300. The Hall–Kier alpha value is -4.04. The van der Waals surface area contributed by atoms with E-state index in [1.54, 1.807) is 0 Å². The normalized spacial score (nSPS) is 14.0. The number of anilines is 2. The summed E-state index contributed by atoms with van der Waals surface area (Å²) in [6, 6.07) is 34.5.